The molecule has 0 aliphatic rings. The van der Waals surface area contributed by atoms with Gasteiger partial charge in [0.05, 0.1) is 5.75 Å². The third-order valence-corrected chi connectivity index (χ3v) is 2.54. The first-order chi connectivity index (χ1) is 6.97. The predicted molar refractivity (Wildman–Crippen MR) is 71.8 cm³/mol. The van der Waals surface area contributed by atoms with Gasteiger partial charge in [-0.2, -0.15) is 8.42 Å². The van der Waals surface area contributed by atoms with Crippen LogP contribution < -0.4 is 11.5 Å². The van der Waals surface area contributed by atoms with Gasteiger partial charge in [0.2, 0.25) is 0 Å². The van der Waals surface area contributed by atoms with E-state index in [9.17, 15) is 8.42 Å². The summed E-state index contributed by atoms with van der Waals surface area (Å²) in [7, 11) is -3.67. The summed E-state index contributed by atoms with van der Waals surface area (Å²) < 4.78 is 27.6. The van der Waals surface area contributed by atoms with E-state index in [0.29, 0.717) is 6.42 Å². The Morgan fingerprint density at radius 2 is 1.38 bits per heavy atom. The minimum atomic E-state index is -3.67. The summed E-state index contributed by atoms with van der Waals surface area (Å²) in [5, 5.41) is 0. The van der Waals surface area contributed by atoms with E-state index in [-0.39, 0.29) is 43.5 Å². The van der Waals surface area contributed by atoms with Crippen molar-refractivity contribution in [2.24, 2.45) is 11.5 Å². The first-order valence-electron chi connectivity index (χ1n) is 5.33. The van der Waals surface area contributed by atoms with Crippen LogP contribution in [0.4, 0.5) is 0 Å². The van der Waals surface area contributed by atoms with Crippen LogP contribution in [-0.4, -0.2) is 69.6 Å². The molecule has 0 bridgehead atoms. The number of unbranched alkanes of at least 4 members (excludes halogenated alkanes) is 3. The predicted octanol–water partition coefficient (Wildman–Crippen LogP) is -0.168. The van der Waals surface area contributed by atoms with Crippen molar-refractivity contribution in [1.82, 2.24) is 0 Å². The van der Waals surface area contributed by atoms with Crippen molar-refractivity contribution in [3.63, 3.8) is 0 Å². The van der Waals surface area contributed by atoms with Gasteiger partial charge in [-0.15, -0.1) is 0 Å². The Morgan fingerprint density at radius 1 is 1.00 bits per heavy atom. The molecule has 5 N–H and O–H groups in total. The Morgan fingerprint density at radius 3 is 1.50 bits per heavy atom. The average Bonchev–Trinajstić information content (AvgIpc) is 2.12. The SMILES string of the molecule is CCCS(=O)(=O)O.NCCCCCCN.[CaH2]. The third-order valence-electron chi connectivity index (χ3n) is 1.62. The average molecular weight is 282 g/mol. The minimum absolute atomic E-state index is 0. The fraction of sp³-hybridized carbons (Fsp3) is 1.00. The molecule has 0 fully saturated rings. The molecule has 0 aliphatic heterocycles. The normalized spacial score (nSPS) is 10.0. The summed E-state index contributed by atoms with van der Waals surface area (Å²) in [4.78, 5) is 0. The van der Waals surface area contributed by atoms with Crippen molar-refractivity contribution < 1.29 is 13.0 Å². The molecule has 0 aromatic rings. The van der Waals surface area contributed by atoms with Gasteiger partial charge in [0.1, 0.15) is 0 Å². The third kappa shape index (κ3) is 29.4. The van der Waals surface area contributed by atoms with Gasteiger partial charge in [0.25, 0.3) is 10.1 Å². The van der Waals surface area contributed by atoms with Crippen LogP contribution in [0.15, 0.2) is 0 Å². The van der Waals surface area contributed by atoms with Crippen LogP contribution in [0.3, 0.4) is 0 Å². The molecule has 0 aromatic heterocycles. The van der Waals surface area contributed by atoms with Crippen molar-refractivity contribution in [3.05, 3.63) is 0 Å². The van der Waals surface area contributed by atoms with Gasteiger partial charge in [-0.05, 0) is 32.4 Å². The van der Waals surface area contributed by atoms with Crippen molar-refractivity contribution in [3.8, 4) is 0 Å². The van der Waals surface area contributed by atoms with E-state index in [4.69, 9.17) is 16.0 Å². The molecular formula is C9H26CaN2O3S. The summed E-state index contributed by atoms with van der Waals surface area (Å²) in [5.74, 6) is -0.132. The first-order valence-corrected chi connectivity index (χ1v) is 6.94. The maximum absolute atomic E-state index is 9.79. The standard InChI is InChI=1S/C6H16N2.C3H8O3S.Ca.2H/c7-5-3-1-2-4-6-8;1-2-3-7(4,5)6;;;/h1-8H2;2-3H2,1H3,(H,4,5,6);;;. The van der Waals surface area contributed by atoms with E-state index in [0.717, 1.165) is 25.9 Å². The molecule has 0 aromatic carbocycles. The maximum atomic E-state index is 9.79. The van der Waals surface area contributed by atoms with Gasteiger partial charge >= 0.3 is 37.7 Å². The Labute approximate surface area is 129 Å². The fourth-order valence-electron chi connectivity index (χ4n) is 0.900. The van der Waals surface area contributed by atoms with E-state index >= 15 is 0 Å². The molecule has 0 unspecified atom stereocenters. The van der Waals surface area contributed by atoms with E-state index in [2.05, 4.69) is 0 Å². The molecular weight excluding hydrogens is 256 g/mol. The van der Waals surface area contributed by atoms with E-state index in [1.54, 1.807) is 6.92 Å². The number of hydrogen-bond donors (Lipinski definition) is 3. The van der Waals surface area contributed by atoms with E-state index < -0.39 is 10.1 Å². The molecule has 7 heteroatoms. The molecule has 98 valence electrons. The number of hydrogen-bond acceptors (Lipinski definition) is 4. The van der Waals surface area contributed by atoms with Gasteiger partial charge in [-0.25, -0.2) is 0 Å². The molecule has 0 atom stereocenters. The van der Waals surface area contributed by atoms with E-state index in [1.807, 2.05) is 0 Å². The zero-order chi connectivity index (χ0) is 12.2. The zero-order valence-corrected chi connectivity index (χ0v) is 10.3. The van der Waals surface area contributed by atoms with Crippen LogP contribution in [-0.2, 0) is 10.1 Å². The Hall–Kier alpha value is 1.09. The second kappa shape index (κ2) is 16.1. The Balaban J connectivity index is -0.000000200. The monoisotopic (exact) mass is 282 g/mol. The van der Waals surface area contributed by atoms with Crippen LogP contribution in [0.1, 0.15) is 39.0 Å². The zero-order valence-electron chi connectivity index (χ0n) is 9.48. The van der Waals surface area contributed by atoms with Crippen molar-refractivity contribution in [2.45, 2.75) is 39.0 Å². The fourth-order valence-corrected chi connectivity index (χ4v) is 1.42. The van der Waals surface area contributed by atoms with Crippen LogP contribution in [0.25, 0.3) is 0 Å². The molecule has 0 amide bonds. The second-order valence-corrected chi connectivity index (χ2v) is 4.85. The molecule has 16 heavy (non-hydrogen) atoms. The van der Waals surface area contributed by atoms with Crippen LogP contribution >= 0.6 is 0 Å². The molecule has 0 saturated carbocycles. The summed E-state index contributed by atoms with van der Waals surface area (Å²) in [5.41, 5.74) is 10.6. The summed E-state index contributed by atoms with van der Waals surface area (Å²) in [6, 6.07) is 0. The van der Waals surface area contributed by atoms with Gasteiger partial charge < -0.3 is 11.5 Å². The van der Waals surface area contributed by atoms with Gasteiger partial charge in [-0.1, -0.05) is 19.8 Å². The molecule has 5 nitrogen and oxygen atoms in total. The number of nitrogens with two attached hydrogens (primary N) is 2. The molecule has 0 heterocycles. The van der Waals surface area contributed by atoms with Gasteiger partial charge in [-0.3, -0.25) is 4.55 Å². The topological polar surface area (TPSA) is 106 Å². The Kier molecular flexibility index (Phi) is 22.4. The molecule has 0 rings (SSSR count). The van der Waals surface area contributed by atoms with Crippen molar-refractivity contribution >= 4 is 47.9 Å². The van der Waals surface area contributed by atoms with Gasteiger partial charge in [0, 0.05) is 0 Å². The second-order valence-electron chi connectivity index (χ2n) is 3.28. The summed E-state index contributed by atoms with van der Waals surface area (Å²) in [6.45, 7) is 3.34. The molecule has 0 aliphatic carbocycles. The van der Waals surface area contributed by atoms with Crippen LogP contribution in [0, 0.1) is 0 Å². The Bertz CT molecular complexity index is 205. The summed E-state index contributed by atoms with van der Waals surface area (Å²) in [6.07, 6.45) is 5.26. The van der Waals surface area contributed by atoms with Crippen LogP contribution in [0.2, 0.25) is 0 Å². The van der Waals surface area contributed by atoms with Crippen LogP contribution in [0.5, 0.6) is 0 Å². The molecule has 0 radical (unpaired) electrons. The number of rotatable bonds is 7. The quantitative estimate of drug-likeness (QED) is 0.341. The van der Waals surface area contributed by atoms with Gasteiger partial charge in [0.15, 0.2) is 0 Å². The summed E-state index contributed by atoms with van der Waals surface area (Å²) >= 11 is 0. The molecule has 0 saturated heterocycles. The molecule has 0 spiro atoms. The first kappa shape index (κ1) is 22.3. The van der Waals surface area contributed by atoms with Crippen molar-refractivity contribution in [1.29, 1.82) is 0 Å². The van der Waals surface area contributed by atoms with E-state index in [1.165, 1.54) is 12.8 Å². The van der Waals surface area contributed by atoms with Crippen molar-refractivity contribution in [2.75, 3.05) is 18.8 Å².